The number of aromatic nitrogens is 1. The summed E-state index contributed by atoms with van der Waals surface area (Å²) in [7, 11) is 0. The molecule has 0 aliphatic heterocycles. The minimum Gasteiger partial charge on any atom is -0.462 e. The normalized spacial score (nSPS) is 10.2. The van der Waals surface area contributed by atoms with E-state index in [1.165, 1.54) is 0 Å². The molecule has 0 saturated heterocycles. The van der Waals surface area contributed by atoms with Gasteiger partial charge in [-0.3, -0.25) is 4.98 Å². The van der Waals surface area contributed by atoms with Gasteiger partial charge < -0.3 is 10.1 Å². The number of halogens is 2. The number of carbonyl (C=O) groups is 1. The van der Waals surface area contributed by atoms with Crippen LogP contribution in [0.15, 0.2) is 48.5 Å². The molecule has 4 nitrogen and oxygen atoms in total. The third-order valence-corrected chi connectivity index (χ3v) is 3.82. The van der Waals surface area contributed by atoms with E-state index < -0.39 is 0 Å². The summed E-state index contributed by atoms with van der Waals surface area (Å²) in [5.41, 5.74) is 4.01. The number of nitrogens with one attached hydrogen (secondary N) is 1. The van der Waals surface area contributed by atoms with Crippen molar-refractivity contribution in [1.29, 1.82) is 0 Å². The van der Waals surface area contributed by atoms with E-state index in [9.17, 15) is 4.79 Å². The Hall–Kier alpha value is -2.30. The summed E-state index contributed by atoms with van der Waals surface area (Å²) in [6, 6.07) is 14.8. The van der Waals surface area contributed by atoms with Crippen LogP contribution in [0.4, 0.5) is 11.4 Å². The zero-order chi connectivity index (χ0) is 17.1. The molecule has 0 fully saturated rings. The van der Waals surface area contributed by atoms with Gasteiger partial charge in [0.25, 0.3) is 0 Å². The maximum absolute atomic E-state index is 12.0. The summed E-state index contributed by atoms with van der Waals surface area (Å²) in [4.78, 5) is 16.5. The van der Waals surface area contributed by atoms with Crippen molar-refractivity contribution in [2.45, 2.75) is 13.8 Å². The first kappa shape index (κ1) is 19.0. The van der Waals surface area contributed by atoms with Crippen molar-refractivity contribution in [3.63, 3.8) is 0 Å². The molecule has 2 aromatic carbocycles. The molecule has 0 aliphatic carbocycles. The lowest BCUT2D eigenvalue weighted by Gasteiger charge is -2.12. The molecule has 0 unspecified atom stereocenters. The lowest BCUT2D eigenvalue weighted by molar-refractivity contribution is 0.0526. The number of benzene rings is 2. The molecule has 1 N–H and O–H groups in total. The fourth-order valence-corrected chi connectivity index (χ4v) is 2.62. The van der Waals surface area contributed by atoms with Gasteiger partial charge in [-0.15, -0.1) is 12.4 Å². The largest absolute Gasteiger partial charge is 0.462 e. The average molecular weight is 377 g/mol. The minimum atomic E-state index is -0.336. The molecule has 0 bridgehead atoms. The van der Waals surface area contributed by atoms with E-state index in [-0.39, 0.29) is 18.4 Å². The number of pyridine rings is 1. The van der Waals surface area contributed by atoms with Crippen LogP contribution >= 0.6 is 24.0 Å². The predicted molar refractivity (Wildman–Crippen MR) is 104 cm³/mol. The summed E-state index contributed by atoms with van der Waals surface area (Å²) < 4.78 is 5.08. The third-order valence-electron chi connectivity index (χ3n) is 3.57. The quantitative estimate of drug-likeness (QED) is 0.607. The van der Waals surface area contributed by atoms with Crippen molar-refractivity contribution in [1.82, 2.24) is 4.98 Å². The number of hydrogen-bond donors (Lipinski definition) is 1. The van der Waals surface area contributed by atoms with E-state index in [1.54, 1.807) is 19.1 Å². The van der Waals surface area contributed by atoms with Gasteiger partial charge in [-0.1, -0.05) is 11.6 Å². The molecule has 3 rings (SSSR count). The van der Waals surface area contributed by atoms with Crippen LogP contribution in [0.3, 0.4) is 0 Å². The molecule has 0 atom stereocenters. The molecular formula is C19H18Cl2N2O2. The van der Waals surface area contributed by atoms with Gasteiger partial charge in [-0.05, 0) is 62.4 Å². The van der Waals surface area contributed by atoms with E-state index in [0.29, 0.717) is 17.2 Å². The first-order chi connectivity index (χ1) is 11.6. The fraction of sp³-hybridized carbons (Fsp3) is 0.158. The highest BCUT2D eigenvalue weighted by Gasteiger charge is 2.11. The molecule has 25 heavy (non-hydrogen) atoms. The van der Waals surface area contributed by atoms with Gasteiger partial charge in [-0.2, -0.15) is 0 Å². The smallest absolute Gasteiger partial charge is 0.338 e. The van der Waals surface area contributed by atoms with Crippen molar-refractivity contribution < 1.29 is 9.53 Å². The molecule has 0 aliphatic rings. The van der Waals surface area contributed by atoms with Crippen LogP contribution in [0.5, 0.6) is 0 Å². The second kappa shape index (κ2) is 8.19. The Morgan fingerprint density at radius 1 is 1.16 bits per heavy atom. The van der Waals surface area contributed by atoms with E-state index in [4.69, 9.17) is 16.3 Å². The van der Waals surface area contributed by atoms with Crippen LogP contribution in [-0.4, -0.2) is 17.6 Å². The SMILES string of the molecule is CCOC(=O)c1ccc2nc(C)cc(Nc3ccc(Cl)cc3)c2c1.Cl. The van der Waals surface area contributed by atoms with Crippen LogP contribution < -0.4 is 5.32 Å². The molecule has 0 radical (unpaired) electrons. The van der Waals surface area contributed by atoms with Gasteiger partial charge in [0, 0.05) is 27.5 Å². The number of hydrogen-bond acceptors (Lipinski definition) is 4. The average Bonchev–Trinajstić information content (AvgIpc) is 2.56. The molecule has 0 saturated carbocycles. The number of aryl methyl sites for hydroxylation is 1. The lowest BCUT2D eigenvalue weighted by atomic mass is 10.1. The van der Waals surface area contributed by atoms with Gasteiger partial charge in [0.15, 0.2) is 0 Å². The van der Waals surface area contributed by atoms with Crippen LogP contribution in [0, 0.1) is 6.92 Å². The highest BCUT2D eigenvalue weighted by molar-refractivity contribution is 6.30. The summed E-state index contributed by atoms with van der Waals surface area (Å²) in [5.74, 6) is -0.336. The number of esters is 1. The van der Waals surface area contributed by atoms with E-state index in [0.717, 1.165) is 28.0 Å². The van der Waals surface area contributed by atoms with Crippen molar-refractivity contribution in [2.24, 2.45) is 0 Å². The van der Waals surface area contributed by atoms with E-state index in [2.05, 4.69) is 10.3 Å². The Morgan fingerprint density at radius 3 is 2.56 bits per heavy atom. The monoisotopic (exact) mass is 376 g/mol. The van der Waals surface area contributed by atoms with Gasteiger partial charge in [-0.25, -0.2) is 4.79 Å². The van der Waals surface area contributed by atoms with Crippen molar-refractivity contribution in [3.8, 4) is 0 Å². The summed E-state index contributed by atoms with van der Waals surface area (Å²) in [5, 5.41) is 4.91. The Morgan fingerprint density at radius 2 is 1.88 bits per heavy atom. The van der Waals surface area contributed by atoms with Crippen LogP contribution in [0.2, 0.25) is 5.02 Å². The van der Waals surface area contributed by atoms with E-state index in [1.807, 2.05) is 43.3 Å². The van der Waals surface area contributed by atoms with Gasteiger partial charge in [0.05, 0.1) is 17.7 Å². The zero-order valence-corrected chi connectivity index (χ0v) is 15.4. The lowest BCUT2D eigenvalue weighted by Crippen LogP contribution is -2.05. The molecule has 6 heteroatoms. The molecule has 0 spiro atoms. The number of rotatable bonds is 4. The second-order valence-corrected chi connectivity index (χ2v) is 5.83. The highest BCUT2D eigenvalue weighted by atomic mass is 35.5. The summed E-state index contributed by atoms with van der Waals surface area (Å²) in [6.45, 7) is 4.07. The van der Waals surface area contributed by atoms with Crippen molar-refractivity contribution >= 4 is 52.3 Å². The second-order valence-electron chi connectivity index (χ2n) is 5.40. The number of nitrogens with zero attached hydrogens (tertiary/aromatic N) is 1. The topological polar surface area (TPSA) is 51.2 Å². The predicted octanol–water partition coefficient (Wildman–Crippen LogP) is 5.54. The first-order valence-corrected chi connectivity index (χ1v) is 8.05. The van der Waals surface area contributed by atoms with Crippen LogP contribution in [0.25, 0.3) is 10.9 Å². The number of fused-ring (bicyclic) bond motifs is 1. The maximum Gasteiger partial charge on any atom is 0.338 e. The van der Waals surface area contributed by atoms with Crippen LogP contribution in [-0.2, 0) is 4.74 Å². The number of carbonyl (C=O) groups excluding carboxylic acids is 1. The standard InChI is InChI=1S/C19H17ClN2O2.ClH/c1-3-24-19(23)13-4-9-17-16(11-13)18(10-12(2)21-17)22-15-7-5-14(20)6-8-15;/h4-11H,3H2,1-2H3,(H,21,22);1H. The van der Waals surface area contributed by atoms with Crippen molar-refractivity contribution in [3.05, 3.63) is 64.8 Å². The Kier molecular flexibility index (Phi) is 6.23. The summed E-state index contributed by atoms with van der Waals surface area (Å²) in [6.07, 6.45) is 0. The Labute approximate surface area is 157 Å². The Balaban J connectivity index is 0.00000225. The zero-order valence-electron chi connectivity index (χ0n) is 13.9. The molecule has 0 amide bonds. The molecule has 130 valence electrons. The number of ether oxygens (including phenoxy) is 1. The maximum atomic E-state index is 12.0. The van der Waals surface area contributed by atoms with Gasteiger partial charge >= 0.3 is 5.97 Å². The minimum absolute atomic E-state index is 0. The highest BCUT2D eigenvalue weighted by Crippen LogP contribution is 2.28. The molecule has 3 aromatic rings. The molecule has 1 heterocycles. The summed E-state index contributed by atoms with van der Waals surface area (Å²) >= 11 is 5.93. The molecular weight excluding hydrogens is 359 g/mol. The fourth-order valence-electron chi connectivity index (χ4n) is 2.49. The number of anilines is 2. The van der Waals surface area contributed by atoms with Crippen molar-refractivity contribution in [2.75, 3.05) is 11.9 Å². The Bertz CT molecular complexity index is 896. The van der Waals surface area contributed by atoms with Crippen LogP contribution in [0.1, 0.15) is 23.0 Å². The van der Waals surface area contributed by atoms with Gasteiger partial charge in [0.2, 0.25) is 0 Å². The third kappa shape index (κ3) is 4.41. The van der Waals surface area contributed by atoms with Gasteiger partial charge in [0.1, 0.15) is 0 Å². The van der Waals surface area contributed by atoms with E-state index >= 15 is 0 Å². The molecule has 1 aromatic heterocycles. The first-order valence-electron chi connectivity index (χ1n) is 7.68.